The summed E-state index contributed by atoms with van der Waals surface area (Å²) in [5.74, 6) is 1.26. The lowest BCUT2D eigenvalue weighted by atomic mass is 9.86. The van der Waals surface area contributed by atoms with E-state index >= 15 is 0 Å². The Morgan fingerprint density at radius 1 is 1.08 bits per heavy atom. The summed E-state index contributed by atoms with van der Waals surface area (Å²) >= 11 is 1.49. The minimum absolute atomic E-state index is 0.00107. The Kier molecular flexibility index (Phi) is 7.22. The Morgan fingerprint density at radius 2 is 1.87 bits per heavy atom. The van der Waals surface area contributed by atoms with E-state index in [9.17, 15) is 14.4 Å². The number of piperidine rings is 1. The van der Waals surface area contributed by atoms with Crippen molar-refractivity contribution >= 4 is 35.8 Å². The lowest BCUT2D eigenvalue weighted by molar-refractivity contribution is -0.118. The van der Waals surface area contributed by atoms with E-state index in [4.69, 9.17) is 4.74 Å². The minimum Gasteiger partial charge on any atom is -0.457 e. The smallest absolute Gasteiger partial charge is 0.326 e. The van der Waals surface area contributed by atoms with Gasteiger partial charge in [0.25, 0.3) is 5.91 Å². The van der Waals surface area contributed by atoms with Gasteiger partial charge in [-0.1, -0.05) is 42.8 Å². The van der Waals surface area contributed by atoms with Crippen LogP contribution >= 0.6 is 11.8 Å². The van der Waals surface area contributed by atoms with Crippen molar-refractivity contribution in [2.45, 2.75) is 62.5 Å². The van der Waals surface area contributed by atoms with Crippen molar-refractivity contribution in [1.29, 1.82) is 0 Å². The third-order valence-electron chi connectivity index (χ3n) is 8.12. The number of carbonyl (C=O) groups is 3. The maximum absolute atomic E-state index is 13.6. The van der Waals surface area contributed by atoms with Crippen LogP contribution in [-0.2, 0) is 9.59 Å². The standard InChI is InChI=1S/C29H33N5O4S/c1-17-15-19(38-18-7-3-2-4-8-18)11-12-22(17)34-23-13-14-30-28-24(23)25(33-29(34)37)26(39-28)27(36)32-21-10-6-5-9-20(21)31-16-35/h2-4,7-8,11-12,15-16,20-21,23-24,28,30H,5-6,9-10,13-14H2,1H3,(H,31,35)(H,32,36)(H,33,37)/t20-,21?,23?,24?,28?/m0/s1. The number of urea groups is 1. The van der Waals surface area contributed by atoms with E-state index in [0.29, 0.717) is 22.8 Å². The Hall–Kier alpha value is -3.50. The number of benzene rings is 2. The lowest BCUT2D eigenvalue weighted by Gasteiger charge is -2.46. The highest BCUT2D eigenvalue weighted by Crippen LogP contribution is 2.48. The van der Waals surface area contributed by atoms with Crippen LogP contribution in [0.1, 0.15) is 37.7 Å². The predicted molar refractivity (Wildman–Crippen MR) is 150 cm³/mol. The molecule has 0 spiro atoms. The van der Waals surface area contributed by atoms with Crippen LogP contribution < -0.4 is 30.9 Å². The van der Waals surface area contributed by atoms with Gasteiger partial charge in [0.2, 0.25) is 6.41 Å². The molecule has 5 atom stereocenters. The van der Waals surface area contributed by atoms with Crippen LogP contribution in [0.4, 0.5) is 10.5 Å². The normalized spacial score (nSPS) is 27.9. The molecule has 9 nitrogen and oxygen atoms in total. The Balaban J connectivity index is 1.24. The molecule has 3 aliphatic heterocycles. The maximum Gasteiger partial charge on any atom is 0.326 e. The summed E-state index contributed by atoms with van der Waals surface area (Å²) in [6.07, 6.45) is 5.20. The molecular weight excluding hydrogens is 514 g/mol. The molecule has 0 radical (unpaired) electrons. The zero-order chi connectivity index (χ0) is 26.9. The van der Waals surface area contributed by atoms with Crippen molar-refractivity contribution in [2.75, 3.05) is 11.4 Å². The van der Waals surface area contributed by atoms with Crippen LogP contribution in [0.25, 0.3) is 0 Å². The van der Waals surface area contributed by atoms with Gasteiger partial charge < -0.3 is 26.0 Å². The SMILES string of the molecule is Cc1cc(Oc2ccccc2)ccc1N1C(=O)NC2=C(C(=O)NC3CCCC[C@@H]3NC=O)SC3NCCC1C23. The molecule has 6 rings (SSSR count). The number of aryl methyl sites for hydroxylation is 1. The summed E-state index contributed by atoms with van der Waals surface area (Å²) in [5.41, 5.74) is 2.49. The van der Waals surface area contributed by atoms with Crippen LogP contribution in [0.15, 0.2) is 59.1 Å². The van der Waals surface area contributed by atoms with Crippen LogP contribution in [0.5, 0.6) is 11.5 Å². The summed E-state index contributed by atoms with van der Waals surface area (Å²) in [6, 6.07) is 14.9. The molecule has 1 aliphatic carbocycles. The Bertz CT molecular complexity index is 1300. The van der Waals surface area contributed by atoms with E-state index < -0.39 is 0 Å². The number of amides is 4. The number of rotatable bonds is 7. The topological polar surface area (TPSA) is 112 Å². The highest BCUT2D eigenvalue weighted by molar-refractivity contribution is 8.04. The molecule has 10 heteroatoms. The quantitative estimate of drug-likeness (QED) is 0.393. The molecule has 39 heavy (non-hydrogen) atoms. The van der Waals surface area contributed by atoms with Crippen molar-refractivity contribution in [2.24, 2.45) is 5.92 Å². The number of hydrogen-bond acceptors (Lipinski definition) is 6. The fourth-order valence-corrected chi connectivity index (χ4v) is 7.71. The predicted octanol–water partition coefficient (Wildman–Crippen LogP) is 3.75. The summed E-state index contributed by atoms with van der Waals surface area (Å²) in [5, 5.41) is 12.7. The maximum atomic E-state index is 13.6. The van der Waals surface area contributed by atoms with Crippen LogP contribution in [0.3, 0.4) is 0 Å². The highest BCUT2D eigenvalue weighted by atomic mass is 32.2. The average molecular weight is 548 g/mol. The summed E-state index contributed by atoms with van der Waals surface area (Å²) in [4.78, 5) is 40.6. The van der Waals surface area contributed by atoms with Gasteiger partial charge in [0, 0.05) is 29.4 Å². The number of nitrogens with zero attached hydrogens (tertiary/aromatic N) is 1. The molecule has 2 aromatic rings. The van der Waals surface area contributed by atoms with Crippen molar-refractivity contribution in [3.05, 3.63) is 64.7 Å². The van der Waals surface area contributed by atoms with Crippen LogP contribution in [0.2, 0.25) is 0 Å². The zero-order valence-electron chi connectivity index (χ0n) is 21.8. The molecule has 3 fully saturated rings. The molecule has 204 valence electrons. The number of thioether (sulfide) groups is 1. The van der Waals surface area contributed by atoms with E-state index in [1.54, 1.807) is 0 Å². The molecule has 4 amide bonds. The van der Waals surface area contributed by atoms with Gasteiger partial charge in [-0.25, -0.2) is 4.79 Å². The van der Waals surface area contributed by atoms with Gasteiger partial charge in [-0.2, -0.15) is 0 Å². The number of carbonyl (C=O) groups excluding carboxylic acids is 3. The number of hydrogen-bond donors (Lipinski definition) is 4. The van der Waals surface area contributed by atoms with E-state index in [1.807, 2.05) is 60.4 Å². The van der Waals surface area contributed by atoms with Crippen LogP contribution in [-0.4, -0.2) is 48.4 Å². The Morgan fingerprint density at radius 3 is 2.64 bits per heavy atom. The van der Waals surface area contributed by atoms with Crippen molar-refractivity contribution in [3.63, 3.8) is 0 Å². The summed E-state index contributed by atoms with van der Waals surface area (Å²) < 4.78 is 6.00. The molecule has 4 unspecified atom stereocenters. The number of anilines is 1. The number of nitrogens with one attached hydrogen (secondary N) is 4. The fourth-order valence-electron chi connectivity index (χ4n) is 6.31. The zero-order valence-corrected chi connectivity index (χ0v) is 22.6. The number of ether oxygens (including phenoxy) is 1. The minimum atomic E-state index is -0.224. The van der Waals surface area contributed by atoms with Gasteiger partial charge in [0.15, 0.2) is 0 Å². The monoisotopic (exact) mass is 547 g/mol. The molecule has 1 saturated carbocycles. The van der Waals surface area contributed by atoms with Crippen molar-refractivity contribution in [1.82, 2.24) is 21.3 Å². The van der Waals surface area contributed by atoms with Gasteiger partial charge in [0.05, 0.1) is 16.3 Å². The van der Waals surface area contributed by atoms with Gasteiger partial charge in [-0.05, 0) is 68.6 Å². The molecule has 0 bridgehead atoms. The van der Waals surface area contributed by atoms with Crippen LogP contribution in [0, 0.1) is 12.8 Å². The largest absolute Gasteiger partial charge is 0.457 e. The average Bonchev–Trinajstić information content (AvgIpc) is 3.31. The first kappa shape index (κ1) is 25.8. The van der Waals surface area contributed by atoms with E-state index in [0.717, 1.165) is 55.6 Å². The van der Waals surface area contributed by atoms with Crippen molar-refractivity contribution in [3.8, 4) is 11.5 Å². The Labute approximate surface area is 232 Å². The van der Waals surface area contributed by atoms with Gasteiger partial charge >= 0.3 is 6.03 Å². The molecule has 4 aliphatic rings. The second-order valence-electron chi connectivity index (χ2n) is 10.5. The second-order valence-corrected chi connectivity index (χ2v) is 11.7. The number of para-hydroxylation sites is 1. The first-order valence-corrected chi connectivity index (χ1v) is 14.5. The van der Waals surface area contributed by atoms with E-state index in [1.165, 1.54) is 11.8 Å². The third kappa shape index (κ3) is 4.98. The van der Waals surface area contributed by atoms with E-state index in [2.05, 4.69) is 21.3 Å². The van der Waals surface area contributed by atoms with Gasteiger partial charge in [-0.15, -0.1) is 0 Å². The molecule has 2 aromatic carbocycles. The van der Waals surface area contributed by atoms with Crippen molar-refractivity contribution < 1.29 is 19.1 Å². The van der Waals surface area contributed by atoms with E-state index in [-0.39, 0.29) is 41.4 Å². The molecular formula is C29H33N5O4S. The highest BCUT2D eigenvalue weighted by Gasteiger charge is 2.52. The first-order chi connectivity index (χ1) is 19.0. The molecule has 4 N–H and O–H groups in total. The summed E-state index contributed by atoms with van der Waals surface area (Å²) in [7, 11) is 0. The third-order valence-corrected chi connectivity index (χ3v) is 9.47. The summed E-state index contributed by atoms with van der Waals surface area (Å²) in [6.45, 7) is 2.74. The fraction of sp³-hybridized carbons (Fsp3) is 0.414. The molecule has 0 aromatic heterocycles. The van der Waals surface area contributed by atoms with Gasteiger partial charge in [-0.3, -0.25) is 14.5 Å². The molecule has 3 heterocycles. The molecule has 2 saturated heterocycles. The first-order valence-electron chi connectivity index (χ1n) is 13.6. The lowest BCUT2D eigenvalue weighted by Crippen LogP contribution is -2.62. The van der Waals surface area contributed by atoms with Gasteiger partial charge in [0.1, 0.15) is 11.5 Å². The second kappa shape index (κ2) is 10.9.